The van der Waals surface area contributed by atoms with Crippen molar-refractivity contribution in [2.45, 2.75) is 27.7 Å². The van der Waals surface area contributed by atoms with E-state index in [-0.39, 0.29) is 45.9 Å². The summed E-state index contributed by atoms with van der Waals surface area (Å²) in [5.74, 6) is -0.421. The van der Waals surface area contributed by atoms with Gasteiger partial charge in [0.1, 0.15) is 0 Å². The maximum Gasteiger partial charge on any atom is 0.302 e. The molecular formula is C8H18Br2O4. The lowest BCUT2D eigenvalue weighted by molar-refractivity contribution is -0.141. The molecule has 0 amide bonds. The lowest BCUT2D eigenvalue weighted by Crippen LogP contribution is -1.95. The number of hydrogen-bond acceptors (Lipinski definition) is 4. The molecule has 0 aliphatic heterocycles. The van der Waals surface area contributed by atoms with Gasteiger partial charge in [0.05, 0.1) is 13.2 Å². The highest BCUT2D eigenvalue weighted by Gasteiger charge is 1.82. The molecule has 0 spiro atoms. The summed E-state index contributed by atoms with van der Waals surface area (Å²) in [7, 11) is 0. The van der Waals surface area contributed by atoms with E-state index < -0.39 is 0 Å². The van der Waals surface area contributed by atoms with Crippen LogP contribution in [-0.4, -0.2) is 25.2 Å². The van der Waals surface area contributed by atoms with Gasteiger partial charge < -0.3 is 9.47 Å². The van der Waals surface area contributed by atoms with Crippen LogP contribution in [0.5, 0.6) is 0 Å². The van der Waals surface area contributed by atoms with Gasteiger partial charge in [0.15, 0.2) is 0 Å². The minimum Gasteiger partial charge on any atom is -0.466 e. The summed E-state index contributed by atoms with van der Waals surface area (Å²) in [6, 6.07) is 0. The van der Waals surface area contributed by atoms with Crippen LogP contribution < -0.4 is 0 Å². The predicted octanol–water partition coefficient (Wildman–Crippen LogP) is 2.29. The van der Waals surface area contributed by atoms with Crippen molar-refractivity contribution in [2.75, 3.05) is 13.2 Å². The zero-order valence-corrected chi connectivity index (χ0v) is 12.3. The molecule has 0 aromatic rings. The molecule has 88 valence electrons. The number of ether oxygens (including phenoxy) is 2. The molecule has 4 nitrogen and oxygen atoms in total. The van der Waals surface area contributed by atoms with Gasteiger partial charge in [-0.3, -0.25) is 9.59 Å². The molecular weight excluding hydrogens is 320 g/mol. The molecule has 0 radical (unpaired) electrons. The van der Waals surface area contributed by atoms with E-state index in [1.807, 2.05) is 0 Å². The highest BCUT2D eigenvalue weighted by Crippen LogP contribution is 1.70. The van der Waals surface area contributed by atoms with Crippen LogP contribution in [0, 0.1) is 0 Å². The van der Waals surface area contributed by atoms with Gasteiger partial charge in [0.2, 0.25) is 0 Å². The van der Waals surface area contributed by atoms with Crippen molar-refractivity contribution in [1.82, 2.24) is 0 Å². The van der Waals surface area contributed by atoms with Crippen LogP contribution >= 0.6 is 34.0 Å². The van der Waals surface area contributed by atoms with Crippen molar-refractivity contribution < 1.29 is 19.1 Å². The third kappa shape index (κ3) is 40.6. The Kier molecular flexibility index (Phi) is 31.4. The van der Waals surface area contributed by atoms with E-state index in [9.17, 15) is 9.59 Å². The molecule has 14 heavy (non-hydrogen) atoms. The third-order valence-electron chi connectivity index (χ3n) is 0.695. The lowest BCUT2D eigenvalue weighted by atomic mass is 10.8. The second kappa shape index (κ2) is 18.6. The van der Waals surface area contributed by atoms with Gasteiger partial charge in [0.25, 0.3) is 0 Å². The Morgan fingerprint density at radius 3 is 1.07 bits per heavy atom. The minimum absolute atomic E-state index is 0. The van der Waals surface area contributed by atoms with Gasteiger partial charge >= 0.3 is 11.9 Å². The van der Waals surface area contributed by atoms with Gasteiger partial charge in [-0.05, 0) is 13.8 Å². The number of rotatable bonds is 2. The standard InChI is InChI=1S/2C4H8O2.2BrH/c2*1-3-6-4(2)5;;/h2*3H2,1-2H3;2*1H. The Morgan fingerprint density at radius 1 is 0.857 bits per heavy atom. The van der Waals surface area contributed by atoms with Crippen molar-refractivity contribution >= 4 is 45.9 Å². The Labute approximate surface area is 106 Å². The summed E-state index contributed by atoms with van der Waals surface area (Å²) >= 11 is 0. The van der Waals surface area contributed by atoms with E-state index in [1.54, 1.807) is 13.8 Å². The smallest absolute Gasteiger partial charge is 0.302 e. The highest BCUT2D eigenvalue weighted by molar-refractivity contribution is 8.93. The fourth-order valence-electron chi connectivity index (χ4n) is 0.407. The molecule has 0 saturated carbocycles. The van der Waals surface area contributed by atoms with Gasteiger partial charge in [-0.15, -0.1) is 34.0 Å². The topological polar surface area (TPSA) is 52.6 Å². The summed E-state index contributed by atoms with van der Waals surface area (Å²) in [4.78, 5) is 19.6. The van der Waals surface area contributed by atoms with E-state index in [2.05, 4.69) is 9.47 Å². The van der Waals surface area contributed by atoms with Crippen molar-refractivity contribution in [1.29, 1.82) is 0 Å². The van der Waals surface area contributed by atoms with Crippen molar-refractivity contribution in [3.05, 3.63) is 0 Å². The molecule has 0 aromatic heterocycles. The molecule has 0 fully saturated rings. The van der Waals surface area contributed by atoms with Gasteiger partial charge in [-0.2, -0.15) is 0 Å². The van der Waals surface area contributed by atoms with Crippen LogP contribution in [0.1, 0.15) is 27.7 Å². The first-order valence-electron chi connectivity index (χ1n) is 3.81. The quantitative estimate of drug-likeness (QED) is 0.725. The maximum absolute atomic E-state index is 9.82. The summed E-state index contributed by atoms with van der Waals surface area (Å²) < 4.78 is 8.81. The number of esters is 2. The first-order valence-corrected chi connectivity index (χ1v) is 3.81. The van der Waals surface area contributed by atoms with E-state index in [0.29, 0.717) is 13.2 Å². The second-order valence-electron chi connectivity index (χ2n) is 1.85. The van der Waals surface area contributed by atoms with Crippen molar-refractivity contribution in [3.63, 3.8) is 0 Å². The molecule has 6 heteroatoms. The zero-order chi connectivity index (χ0) is 9.98. The zero-order valence-electron chi connectivity index (χ0n) is 8.86. The van der Waals surface area contributed by atoms with Crippen LogP contribution in [0.3, 0.4) is 0 Å². The van der Waals surface area contributed by atoms with Gasteiger partial charge in [-0.1, -0.05) is 0 Å². The third-order valence-corrected chi connectivity index (χ3v) is 0.695. The minimum atomic E-state index is -0.211. The van der Waals surface area contributed by atoms with Crippen molar-refractivity contribution in [3.8, 4) is 0 Å². The maximum atomic E-state index is 9.82. The van der Waals surface area contributed by atoms with E-state index in [4.69, 9.17) is 0 Å². The Balaban J connectivity index is -0.0000000625. The van der Waals surface area contributed by atoms with Gasteiger partial charge in [0, 0.05) is 13.8 Å². The number of halogens is 2. The predicted molar refractivity (Wildman–Crippen MR) is 65.3 cm³/mol. The molecule has 0 rings (SSSR count). The van der Waals surface area contributed by atoms with Gasteiger partial charge in [-0.25, -0.2) is 0 Å². The highest BCUT2D eigenvalue weighted by atomic mass is 79.9. The van der Waals surface area contributed by atoms with E-state index in [0.717, 1.165) is 0 Å². The SMILES string of the molecule is Br.Br.CCOC(C)=O.CCOC(C)=O. The van der Waals surface area contributed by atoms with Crippen molar-refractivity contribution in [2.24, 2.45) is 0 Å². The molecule has 0 bridgehead atoms. The Hall–Kier alpha value is -0.100. The average Bonchev–Trinajstić information content (AvgIpc) is 1.87. The first kappa shape index (κ1) is 23.6. The Bertz CT molecular complexity index is 123. The number of carbonyl (C=O) groups is 2. The lowest BCUT2D eigenvalue weighted by Gasteiger charge is -1.89. The van der Waals surface area contributed by atoms with Crippen LogP contribution in [0.2, 0.25) is 0 Å². The molecule has 0 N–H and O–H groups in total. The average molecular weight is 338 g/mol. The normalized spacial score (nSPS) is 6.57. The summed E-state index contributed by atoms with van der Waals surface area (Å²) in [6.45, 7) is 7.31. The van der Waals surface area contributed by atoms with Crippen LogP contribution in [-0.2, 0) is 19.1 Å². The van der Waals surface area contributed by atoms with Crippen LogP contribution in [0.4, 0.5) is 0 Å². The molecule has 0 aliphatic rings. The van der Waals surface area contributed by atoms with E-state index in [1.165, 1.54) is 13.8 Å². The number of carbonyl (C=O) groups excluding carboxylic acids is 2. The fraction of sp³-hybridized carbons (Fsp3) is 0.750. The second-order valence-corrected chi connectivity index (χ2v) is 1.85. The fourth-order valence-corrected chi connectivity index (χ4v) is 0.407. The van der Waals surface area contributed by atoms with E-state index >= 15 is 0 Å². The van der Waals surface area contributed by atoms with Crippen LogP contribution in [0.25, 0.3) is 0 Å². The molecule has 0 heterocycles. The molecule has 0 aromatic carbocycles. The summed E-state index contributed by atoms with van der Waals surface area (Å²) in [5, 5.41) is 0. The Morgan fingerprint density at radius 2 is 1.07 bits per heavy atom. The summed E-state index contributed by atoms with van der Waals surface area (Å²) in [6.07, 6.45) is 0. The number of hydrogen-bond donors (Lipinski definition) is 0. The summed E-state index contributed by atoms with van der Waals surface area (Å²) in [5.41, 5.74) is 0. The molecule has 0 saturated heterocycles. The monoisotopic (exact) mass is 336 g/mol. The molecule has 0 aliphatic carbocycles. The molecule has 0 atom stereocenters. The van der Waals surface area contributed by atoms with Crippen LogP contribution in [0.15, 0.2) is 0 Å². The first-order chi connectivity index (χ1) is 5.54. The largest absolute Gasteiger partial charge is 0.466 e. The molecule has 0 unspecified atom stereocenters.